The Hall–Kier alpha value is -4.08. The van der Waals surface area contributed by atoms with E-state index in [2.05, 4.69) is 4.98 Å². The summed E-state index contributed by atoms with van der Waals surface area (Å²) in [6.45, 7) is 0.791. The van der Waals surface area contributed by atoms with Gasteiger partial charge in [0.15, 0.2) is 16.6 Å². The summed E-state index contributed by atoms with van der Waals surface area (Å²) in [5.41, 5.74) is 1.48. The monoisotopic (exact) mass is 534 g/mol. The number of fused-ring (bicyclic) bond motifs is 2. The van der Waals surface area contributed by atoms with E-state index in [4.69, 9.17) is 25.8 Å². The van der Waals surface area contributed by atoms with Crippen LogP contribution in [-0.4, -0.2) is 42.1 Å². The molecule has 37 heavy (non-hydrogen) atoms. The number of ketones is 1. The molecule has 10 heteroatoms. The number of halogens is 1. The maximum Gasteiger partial charge on any atom is 0.301 e. The van der Waals surface area contributed by atoms with Gasteiger partial charge in [-0.3, -0.25) is 14.5 Å². The number of ether oxygens (including phenoxy) is 3. The van der Waals surface area contributed by atoms with Gasteiger partial charge in [0.25, 0.3) is 5.78 Å². The van der Waals surface area contributed by atoms with E-state index in [9.17, 15) is 14.7 Å². The molecule has 6 rings (SSSR count). The van der Waals surface area contributed by atoms with E-state index < -0.39 is 17.7 Å². The van der Waals surface area contributed by atoms with E-state index in [0.29, 0.717) is 57.3 Å². The van der Waals surface area contributed by atoms with Crippen molar-refractivity contribution in [1.82, 2.24) is 4.98 Å². The molecule has 1 fully saturated rings. The van der Waals surface area contributed by atoms with E-state index in [1.54, 1.807) is 60.7 Å². The first-order valence-electron chi connectivity index (χ1n) is 11.4. The molecule has 1 N–H and O–H groups in total. The van der Waals surface area contributed by atoms with Gasteiger partial charge in [0.05, 0.1) is 28.9 Å². The standard InChI is InChI=1S/C27H19ClN2O6S/c1-34-17-4-2-3-14(11-17)23-22(24(31)15-5-8-19-20(12-15)36-10-9-35-19)25(32)26(33)30(23)27-29-18-7-6-16(28)13-21(18)37-27/h2-8,11-13,23,31H,9-10H2,1H3/t23-/m1/s1. The molecule has 3 aromatic carbocycles. The zero-order valence-corrected chi connectivity index (χ0v) is 21.0. The van der Waals surface area contributed by atoms with Crippen LogP contribution in [0.25, 0.3) is 16.0 Å². The van der Waals surface area contributed by atoms with Gasteiger partial charge in [0, 0.05) is 10.6 Å². The minimum atomic E-state index is -0.945. The van der Waals surface area contributed by atoms with Gasteiger partial charge in [-0.15, -0.1) is 0 Å². The van der Waals surface area contributed by atoms with Crippen LogP contribution in [0.3, 0.4) is 0 Å². The van der Waals surface area contributed by atoms with E-state index in [1.165, 1.54) is 23.3 Å². The Morgan fingerprint density at radius 3 is 2.70 bits per heavy atom. The molecular weight excluding hydrogens is 516 g/mol. The number of aliphatic hydroxyl groups excluding tert-OH is 1. The van der Waals surface area contributed by atoms with E-state index in [-0.39, 0.29) is 11.3 Å². The molecule has 2 aliphatic rings. The topological polar surface area (TPSA) is 98.2 Å². The van der Waals surface area contributed by atoms with E-state index in [0.717, 1.165) is 4.70 Å². The molecule has 0 bridgehead atoms. The first-order valence-corrected chi connectivity index (χ1v) is 12.5. The number of thiazole rings is 1. The van der Waals surface area contributed by atoms with Gasteiger partial charge < -0.3 is 19.3 Å². The highest BCUT2D eigenvalue weighted by molar-refractivity contribution is 7.22. The number of hydrogen-bond donors (Lipinski definition) is 1. The smallest absolute Gasteiger partial charge is 0.301 e. The summed E-state index contributed by atoms with van der Waals surface area (Å²) in [4.78, 5) is 32.8. The average Bonchev–Trinajstić information content (AvgIpc) is 3.45. The van der Waals surface area contributed by atoms with Crippen molar-refractivity contribution in [3.63, 3.8) is 0 Å². The summed E-state index contributed by atoms with van der Waals surface area (Å²) in [5, 5.41) is 12.3. The summed E-state index contributed by atoms with van der Waals surface area (Å²) in [6, 6.07) is 16.2. The summed E-state index contributed by atoms with van der Waals surface area (Å²) < 4.78 is 17.4. The van der Waals surface area contributed by atoms with Crippen LogP contribution < -0.4 is 19.1 Å². The van der Waals surface area contributed by atoms with Crippen LogP contribution in [-0.2, 0) is 9.59 Å². The Kier molecular flexibility index (Phi) is 5.73. The van der Waals surface area contributed by atoms with Crippen LogP contribution in [0.4, 0.5) is 5.13 Å². The molecule has 2 aliphatic heterocycles. The number of nitrogens with zero attached hydrogens (tertiary/aromatic N) is 2. The van der Waals surface area contributed by atoms with Crippen molar-refractivity contribution < 1.29 is 28.9 Å². The molecule has 1 aromatic heterocycles. The van der Waals surface area contributed by atoms with Crippen LogP contribution in [0, 0.1) is 0 Å². The summed E-state index contributed by atoms with van der Waals surface area (Å²) >= 11 is 7.39. The highest BCUT2D eigenvalue weighted by atomic mass is 35.5. The lowest BCUT2D eigenvalue weighted by molar-refractivity contribution is -0.132. The first-order chi connectivity index (χ1) is 17.9. The number of methoxy groups -OCH3 is 1. The number of rotatable bonds is 4. The molecule has 0 unspecified atom stereocenters. The van der Waals surface area contributed by atoms with Crippen molar-refractivity contribution in [1.29, 1.82) is 0 Å². The van der Waals surface area contributed by atoms with Gasteiger partial charge in [0.1, 0.15) is 24.7 Å². The Morgan fingerprint density at radius 1 is 1.08 bits per heavy atom. The van der Waals surface area contributed by atoms with Crippen molar-refractivity contribution >= 4 is 55.7 Å². The Morgan fingerprint density at radius 2 is 1.89 bits per heavy atom. The Balaban J connectivity index is 1.55. The van der Waals surface area contributed by atoms with Crippen molar-refractivity contribution in [2.75, 3.05) is 25.2 Å². The van der Waals surface area contributed by atoms with Crippen LogP contribution >= 0.6 is 22.9 Å². The van der Waals surface area contributed by atoms with Crippen molar-refractivity contribution in [2.45, 2.75) is 6.04 Å². The highest BCUT2D eigenvalue weighted by Gasteiger charge is 2.48. The molecule has 186 valence electrons. The van der Waals surface area contributed by atoms with Gasteiger partial charge in [-0.2, -0.15) is 0 Å². The molecule has 1 atom stereocenters. The highest BCUT2D eigenvalue weighted by Crippen LogP contribution is 2.45. The molecule has 1 saturated heterocycles. The third kappa shape index (κ3) is 3.96. The molecule has 0 aliphatic carbocycles. The maximum absolute atomic E-state index is 13.5. The molecule has 1 amide bonds. The van der Waals surface area contributed by atoms with Crippen LogP contribution in [0.5, 0.6) is 17.2 Å². The van der Waals surface area contributed by atoms with Crippen LogP contribution in [0.1, 0.15) is 17.2 Å². The summed E-state index contributed by atoms with van der Waals surface area (Å²) in [6.07, 6.45) is 0. The predicted octanol–water partition coefficient (Wildman–Crippen LogP) is 5.36. The second-order valence-corrected chi connectivity index (χ2v) is 9.86. The quantitative estimate of drug-likeness (QED) is 0.214. The van der Waals surface area contributed by atoms with Crippen LogP contribution in [0.2, 0.25) is 5.02 Å². The Bertz CT molecular complexity index is 1610. The average molecular weight is 535 g/mol. The fourth-order valence-electron chi connectivity index (χ4n) is 4.49. The van der Waals surface area contributed by atoms with E-state index >= 15 is 0 Å². The Labute approximate surface area is 220 Å². The van der Waals surface area contributed by atoms with Crippen molar-refractivity contribution in [3.05, 3.63) is 82.4 Å². The first kappa shape index (κ1) is 23.3. The zero-order valence-electron chi connectivity index (χ0n) is 19.4. The zero-order chi connectivity index (χ0) is 25.7. The van der Waals surface area contributed by atoms with Crippen molar-refractivity contribution in [2.24, 2.45) is 0 Å². The molecule has 3 heterocycles. The summed E-state index contributed by atoms with van der Waals surface area (Å²) in [5.74, 6) is -0.408. The van der Waals surface area contributed by atoms with E-state index in [1.807, 2.05) is 0 Å². The van der Waals surface area contributed by atoms with Gasteiger partial charge >= 0.3 is 5.91 Å². The lowest BCUT2D eigenvalue weighted by Gasteiger charge is -2.23. The number of carbonyl (C=O) groups is 2. The van der Waals surface area contributed by atoms with Gasteiger partial charge in [-0.25, -0.2) is 4.98 Å². The number of hydrogen-bond acceptors (Lipinski definition) is 8. The number of Topliss-reactive ketones (excluding diaryl/α,β-unsaturated/α-hetero) is 1. The maximum atomic E-state index is 13.5. The number of amides is 1. The van der Waals surface area contributed by atoms with Gasteiger partial charge in [-0.1, -0.05) is 35.1 Å². The van der Waals surface area contributed by atoms with Gasteiger partial charge in [-0.05, 0) is 54.1 Å². The molecule has 0 spiro atoms. The van der Waals surface area contributed by atoms with Crippen LogP contribution in [0.15, 0.2) is 66.2 Å². The molecule has 0 radical (unpaired) electrons. The minimum Gasteiger partial charge on any atom is -0.507 e. The number of anilines is 1. The third-order valence-corrected chi connectivity index (χ3v) is 7.47. The minimum absolute atomic E-state index is 0.0628. The predicted molar refractivity (Wildman–Crippen MR) is 140 cm³/mol. The SMILES string of the molecule is COc1cccc([C@@H]2C(=C(O)c3ccc4c(c3)OCCO4)C(=O)C(=O)N2c2nc3ccc(Cl)cc3s2)c1. The number of aliphatic hydroxyl groups is 1. The second-order valence-electron chi connectivity index (χ2n) is 8.41. The molecule has 8 nitrogen and oxygen atoms in total. The molecule has 0 saturated carbocycles. The third-order valence-electron chi connectivity index (χ3n) is 6.21. The summed E-state index contributed by atoms with van der Waals surface area (Å²) in [7, 11) is 1.53. The fourth-order valence-corrected chi connectivity index (χ4v) is 5.76. The van der Waals surface area contributed by atoms with Gasteiger partial charge in [0.2, 0.25) is 0 Å². The fraction of sp³-hybridized carbons (Fsp3) is 0.148. The second kappa shape index (κ2) is 9.10. The van der Waals surface area contributed by atoms with Crippen molar-refractivity contribution in [3.8, 4) is 17.2 Å². The number of carbonyl (C=O) groups excluding carboxylic acids is 2. The lowest BCUT2D eigenvalue weighted by Crippen LogP contribution is -2.29. The largest absolute Gasteiger partial charge is 0.507 e. The molecule has 4 aromatic rings. The number of aromatic nitrogens is 1. The number of benzene rings is 3. The lowest BCUT2D eigenvalue weighted by atomic mass is 9.95. The normalized spacial score (nSPS) is 18.4. The molecular formula is C27H19ClN2O6S.